The maximum atomic E-state index is 12.5. The van der Waals surface area contributed by atoms with Crippen LogP contribution in [-0.4, -0.2) is 65.6 Å². The largest absolute Gasteiger partial charge is 0.353 e. The van der Waals surface area contributed by atoms with Crippen molar-refractivity contribution in [1.82, 2.24) is 14.9 Å². The molecule has 0 aliphatic carbocycles. The van der Waals surface area contributed by atoms with Gasteiger partial charge in [0, 0.05) is 52.3 Å². The van der Waals surface area contributed by atoms with E-state index in [1.807, 2.05) is 12.1 Å². The highest BCUT2D eigenvalue weighted by Crippen LogP contribution is 2.17. The van der Waals surface area contributed by atoms with Crippen LogP contribution in [0.1, 0.15) is 12.8 Å². The molecule has 3 rings (SSSR count). The van der Waals surface area contributed by atoms with Gasteiger partial charge in [-0.25, -0.2) is 9.99 Å². The summed E-state index contributed by atoms with van der Waals surface area (Å²) in [6, 6.07) is 3.69. The van der Waals surface area contributed by atoms with Crippen molar-refractivity contribution >= 4 is 34.9 Å². The van der Waals surface area contributed by atoms with Crippen molar-refractivity contribution in [1.29, 1.82) is 0 Å². The zero-order valence-electron chi connectivity index (χ0n) is 12.9. The number of hydrogen-bond donors (Lipinski definition) is 0. The molecule has 122 valence electrons. The molecule has 1 aromatic heterocycles. The van der Waals surface area contributed by atoms with Gasteiger partial charge in [0.05, 0.1) is 5.02 Å². The molecule has 0 atom stereocenters. The molecule has 0 saturated carbocycles. The minimum Gasteiger partial charge on any atom is -0.353 e. The van der Waals surface area contributed by atoms with Gasteiger partial charge in [0.1, 0.15) is 11.5 Å². The van der Waals surface area contributed by atoms with Crippen molar-refractivity contribution in [2.75, 3.05) is 38.1 Å². The molecule has 1 saturated heterocycles. The highest BCUT2D eigenvalue weighted by atomic mass is 35.5. The fraction of sp³-hybridized carbons (Fsp3) is 0.467. The van der Waals surface area contributed by atoms with Crippen molar-refractivity contribution in [2.45, 2.75) is 12.8 Å². The van der Waals surface area contributed by atoms with Crippen molar-refractivity contribution in [3.05, 3.63) is 23.4 Å². The van der Waals surface area contributed by atoms with Crippen molar-refractivity contribution < 1.29 is 9.59 Å². The first-order valence-corrected chi connectivity index (χ1v) is 7.92. The first kappa shape index (κ1) is 15.7. The number of halogens is 1. The van der Waals surface area contributed by atoms with Crippen LogP contribution < -0.4 is 4.90 Å². The van der Waals surface area contributed by atoms with Gasteiger partial charge in [-0.2, -0.15) is 5.10 Å². The highest BCUT2D eigenvalue weighted by molar-refractivity contribution is 6.39. The number of nitrogens with zero attached hydrogens (tertiary/aromatic N) is 5. The Hall–Kier alpha value is -2.15. The lowest BCUT2D eigenvalue weighted by Crippen LogP contribution is -2.51. The summed E-state index contributed by atoms with van der Waals surface area (Å²) in [5.41, 5.74) is 0.463. The van der Waals surface area contributed by atoms with E-state index in [0.717, 1.165) is 5.82 Å². The number of aromatic nitrogens is 1. The van der Waals surface area contributed by atoms with Gasteiger partial charge in [-0.05, 0) is 12.1 Å². The Labute approximate surface area is 139 Å². The molecule has 23 heavy (non-hydrogen) atoms. The fourth-order valence-electron chi connectivity index (χ4n) is 2.70. The predicted molar refractivity (Wildman–Crippen MR) is 87.5 cm³/mol. The minimum absolute atomic E-state index is 0.0554. The van der Waals surface area contributed by atoms with Gasteiger partial charge in [-0.1, -0.05) is 11.6 Å². The van der Waals surface area contributed by atoms with Crippen LogP contribution in [0.15, 0.2) is 23.4 Å². The second-order valence-electron chi connectivity index (χ2n) is 5.58. The Bertz CT molecular complexity index is 638. The molecular weight excluding hydrogens is 318 g/mol. The Kier molecular flexibility index (Phi) is 4.47. The molecule has 0 spiro atoms. The van der Waals surface area contributed by atoms with Crippen LogP contribution >= 0.6 is 11.6 Å². The quantitative estimate of drug-likeness (QED) is 0.808. The minimum atomic E-state index is -0.0759. The Morgan fingerprint density at radius 2 is 1.91 bits per heavy atom. The molecule has 3 heterocycles. The summed E-state index contributed by atoms with van der Waals surface area (Å²) in [5.74, 6) is 0.732. The zero-order chi connectivity index (χ0) is 16.4. The molecule has 0 radical (unpaired) electrons. The number of anilines is 1. The third-order valence-electron chi connectivity index (χ3n) is 4.06. The van der Waals surface area contributed by atoms with Gasteiger partial charge < -0.3 is 9.80 Å². The molecule has 8 heteroatoms. The van der Waals surface area contributed by atoms with Crippen LogP contribution in [0.25, 0.3) is 0 Å². The topological polar surface area (TPSA) is 69.1 Å². The molecule has 0 aromatic carbocycles. The normalized spacial score (nSPS) is 19.0. The number of amides is 2. The lowest BCUT2D eigenvalue weighted by molar-refractivity contribution is -0.130. The van der Waals surface area contributed by atoms with Crippen molar-refractivity contribution in [3.63, 3.8) is 0 Å². The third kappa shape index (κ3) is 3.44. The average Bonchev–Trinajstić information content (AvgIpc) is 2.57. The van der Waals surface area contributed by atoms with Gasteiger partial charge >= 0.3 is 0 Å². The summed E-state index contributed by atoms with van der Waals surface area (Å²) >= 11 is 5.85. The number of pyridine rings is 1. The highest BCUT2D eigenvalue weighted by Gasteiger charge is 2.28. The Morgan fingerprint density at radius 3 is 2.52 bits per heavy atom. The van der Waals surface area contributed by atoms with E-state index in [1.165, 1.54) is 5.01 Å². The van der Waals surface area contributed by atoms with Crippen LogP contribution in [0.3, 0.4) is 0 Å². The lowest BCUT2D eigenvalue weighted by Gasteiger charge is -2.36. The van der Waals surface area contributed by atoms with E-state index in [1.54, 1.807) is 18.1 Å². The van der Waals surface area contributed by atoms with E-state index in [2.05, 4.69) is 15.0 Å². The van der Waals surface area contributed by atoms with Crippen LogP contribution in [0, 0.1) is 0 Å². The van der Waals surface area contributed by atoms with E-state index >= 15 is 0 Å². The summed E-state index contributed by atoms with van der Waals surface area (Å²) in [6.07, 6.45) is 2.38. The van der Waals surface area contributed by atoms with Crippen molar-refractivity contribution in [3.8, 4) is 0 Å². The van der Waals surface area contributed by atoms with E-state index in [4.69, 9.17) is 11.6 Å². The van der Waals surface area contributed by atoms with Gasteiger partial charge in [-0.15, -0.1) is 0 Å². The molecular formula is C15H18ClN5O2. The summed E-state index contributed by atoms with van der Waals surface area (Å²) in [4.78, 5) is 32.1. The van der Waals surface area contributed by atoms with E-state index < -0.39 is 0 Å². The first-order chi connectivity index (χ1) is 11.0. The van der Waals surface area contributed by atoms with Gasteiger partial charge in [0.25, 0.3) is 5.91 Å². The van der Waals surface area contributed by atoms with E-state index in [0.29, 0.717) is 49.8 Å². The molecule has 7 nitrogen and oxygen atoms in total. The lowest BCUT2D eigenvalue weighted by atomic mass is 10.1. The van der Waals surface area contributed by atoms with Crippen LogP contribution in [-0.2, 0) is 9.59 Å². The van der Waals surface area contributed by atoms with Crippen LogP contribution in [0.4, 0.5) is 5.82 Å². The predicted octanol–water partition coefficient (Wildman–Crippen LogP) is 0.992. The fourth-order valence-corrected chi connectivity index (χ4v) is 2.81. The van der Waals surface area contributed by atoms with E-state index in [9.17, 15) is 9.59 Å². The SMILES string of the molecule is CN1N=C(C(=O)N2CCN(c3ccc(Cl)cn3)CC2)CCC1=O. The maximum Gasteiger partial charge on any atom is 0.270 e. The van der Waals surface area contributed by atoms with Gasteiger partial charge in [-0.3, -0.25) is 9.59 Å². The monoisotopic (exact) mass is 335 g/mol. The third-order valence-corrected chi connectivity index (χ3v) is 4.28. The second kappa shape index (κ2) is 6.54. The number of carbonyl (C=O) groups excluding carboxylic acids is 2. The first-order valence-electron chi connectivity index (χ1n) is 7.54. The zero-order valence-corrected chi connectivity index (χ0v) is 13.7. The molecule has 0 unspecified atom stereocenters. The summed E-state index contributed by atoms with van der Waals surface area (Å²) in [6.45, 7) is 2.64. The van der Waals surface area contributed by atoms with Gasteiger partial charge in [0.2, 0.25) is 5.91 Å². The van der Waals surface area contributed by atoms with Gasteiger partial charge in [0.15, 0.2) is 0 Å². The van der Waals surface area contributed by atoms with Crippen molar-refractivity contribution in [2.24, 2.45) is 5.10 Å². The number of hydrogen-bond acceptors (Lipinski definition) is 5. The molecule has 0 N–H and O–H groups in total. The number of carbonyl (C=O) groups is 2. The molecule has 2 amide bonds. The second-order valence-corrected chi connectivity index (χ2v) is 6.01. The number of hydrazone groups is 1. The summed E-state index contributed by atoms with van der Waals surface area (Å²) in [5, 5.41) is 5.96. The Morgan fingerprint density at radius 1 is 1.17 bits per heavy atom. The van der Waals surface area contributed by atoms with Crippen LogP contribution in [0.5, 0.6) is 0 Å². The molecule has 2 aliphatic rings. The van der Waals surface area contributed by atoms with Crippen LogP contribution in [0.2, 0.25) is 5.02 Å². The molecule has 0 bridgehead atoms. The number of rotatable bonds is 2. The summed E-state index contributed by atoms with van der Waals surface area (Å²) in [7, 11) is 1.58. The standard InChI is InChI=1S/C15H18ClN5O2/c1-19-14(22)5-3-12(18-19)15(23)21-8-6-20(7-9-21)13-4-2-11(16)10-17-13/h2,4,10H,3,5-9H2,1H3. The average molecular weight is 336 g/mol. The maximum absolute atomic E-state index is 12.5. The molecule has 1 aromatic rings. The Balaban J connectivity index is 1.60. The number of piperazine rings is 1. The molecule has 2 aliphatic heterocycles. The van der Waals surface area contributed by atoms with E-state index in [-0.39, 0.29) is 11.8 Å². The smallest absolute Gasteiger partial charge is 0.270 e. The summed E-state index contributed by atoms with van der Waals surface area (Å²) < 4.78 is 0. The molecule has 1 fully saturated rings.